The van der Waals surface area contributed by atoms with Crippen molar-refractivity contribution < 1.29 is 37.5 Å². The van der Waals surface area contributed by atoms with Crippen molar-refractivity contribution in [3.05, 3.63) is 35.4 Å². The van der Waals surface area contributed by atoms with E-state index >= 15 is 0 Å². The van der Waals surface area contributed by atoms with Crippen molar-refractivity contribution in [1.29, 1.82) is 0 Å². The van der Waals surface area contributed by atoms with Crippen LogP contribution < -0.4 is 0 Å². The van der Waals surface area contributed by atoms with Gasteiger partial charge in [-0.05, 0) is 32.9 Å². The van der Waals surface area contributed by atoms with Gasteiger partial charge >= 0.3 is 12.1 Å². The number of hydrogen-bond acceptors (Lipinski definition) is 6. The second-order valence-electron chi connectivity index (χ2n) is 7.54. The minimum absolute atomic E-state index is 0.0288. The molecule has 10 heteroatoms. The highest BCUT2D eigenvalue weighted by Gasteiger charge is 2.53. The van der Waals surface area contributed by atoms with Crippen LogP contribution in [0.2, 0.25) is 0 Å². The third-order valence-electron chi connectivity index (χ3n) is 4.11. The van der Waals surface area contributed by atoms with Gasteiger partial charge in [0.05, 0.1) is 17.7 Å². The fourth-order valence-electron chi connectivity index (χ4n) is 2.94. The number of amides is 3. The smallest absolute Gasteiger partial charge is 0.411 e. The van der Waals surface area contributed by atoms with E-state index < -0.39 is 54.4 Å². The molecule has 1 fully saturated rings. The lowest BCUT2D eigenvalue weighted by molar-refractivity contribution is -0.173. The molecule has 0 radical (unpaired) electrons. The number of halogens is 2. The van der Waals surface area contributed by atoms with Crippen molar-refractivity contribution in [3.63, 3.8) is 0 Å². The third kappa shape index (κ3) is 3.67. The molecule has 0 aromatic heterocycles. The number of hydroxylamine groups is 2. The van der Waals surface area contributed by atoms with Crippen molar-refractivity contribution in [2.45, 2.75) is 44.8 Å². The number of imide groups is 1. The van der Waals surface area contributed by atoms with Crippen LogP contribution in [0.1, 0.15) is 47.9 Å². The van der Waals surface area contributed by atoms with Crippen molar-refractivity contribution >= 4 is 23.9 Å². The minimum Gasteiger partial charge on any atom is -0.444 e. The molecule has 1 unspecified atom stereocenters. The fraction of sp³-hybridized carbons (Fsp3) is 0.444. The van der Waals surface area contributed by atoms with E-state index in [1.807, 2.05) is 0 Å². The molecule has 8 nitrogen and oxygen atoms in total. The van der Waals surface area contributed by atoms with Gasteiger partial charge in [-0.2, -0.15) is 0 Å². The summed E-state index contributed by atoms with van der Waals surface area (Å²) in [4.78, 5) is 54.6. The average molecular weight is 396 g/mol. The molecule has 3 amide bonds. The number of nitrogens with zero attached hydrogens (tertiary/aromatic N) is 2. The maximum absolute atomic E-state index is 13.9. The van der Waals surface area contributed by atoms with Crippen molar-refractivity contribution in [2.75, 3.05) is 6.54 Å². The molecule has 2 aliphatic heterocycles. The van der Waals surface area contributed by atoms with E-state index in [1.54, 1.807) is 20.8 Å². The van der Waals surface area contributed by atoms with Gasteiger partial charge in [0.15, 0.2) is 0 Å². The van der Waals surface area contributed by atoms with E-state index in [0.29, 0.717) is 4.90 Å². The molecule has 3 rings (SSSR count). The second kappa shape index (κ2) is 6.54. The number of alkyl halides is 2. The number of rotatable bonds is 2. The molecule has 1 aromatic rings. The van der Waals surface area contributed by atoms with Crippen LogP contribution in [0.25, 0.3) is 0 Å². The monoisotopic (exact) mass is 396 g/mol. The van der Waals surface area contributed by atoms with Crippen LogP contribution in [0.15, 0.2) is 24.3 Å². The van der Waals surface area contributed by atoms with Crippen molar-refractivity contribution in [2.24, 2.45) is 0 Å². The van der Waals surface area contributed by atoms with Crippen LogP contribution in [0, 0.1) is 0 Å². The molecular weight excluding hydrogens is 378 g/mol. The number of ether oxygens (including phenoxy) is 1. The zero-order valence-electron chi connectivity index (χ0n) is 15.4. The molecule has 0 spiro atoms. The van der Waals surface area contributed by atoms with Gasteiger partial charge in [0.1, 0.15) is 11.6 Å². The first kappa shape index (κ1) is 19.7. The van der Waals surface area contributed by atoms with Crippen molar-refractivity contribution in [1.82, 2.24) is 9.96 Å². The molecule has 150 valence electrons. The molecule has 1 saturated heterocycles. The molecular formula is C18H18F2N2O6. The van der Waals surface area contributed by atoms with Crippen LogP contribution in [0.5, 0.6) is 0 Å². The molecule has 1 aromatic carbocycles. The predicted molar refractivity (Wildman–Crippen MR) is 89.3 cm³/mol. The zero-order chi connectivity index (χ0) is 20.9. The summed E-state index contributed by atoms with van der Waals surface area (Å²) in [5.41, 5.74) is -0.909. The highest BCUT2D eigenvalue weighted by molar-refractivity contribution is 6.20. The Morgan fingerprint density at radius 1 is 1.11 bits per heavy atom. The molecule has 0 saturated carbocycles. The van der Waals surface area contributed by atoms with Gasteiger partial charge in [-0.1, -0.05) is 17.2 Å². The first-order valence-corrected chi connectivity index (χ1v) is 8.47. The largest absolute Gasteiger partial charge is 0.444 e. The summed E-state index contributed by atoms with van der Waals surface area (Å²) in [6.45, 7) is 3.60. The van der Waals surface area contributed by atoms with Gasteiger partial charge in [0.25, 0.3) is 17.7 Å². The number of carbonyl (C=O) groups excluding carboxylic acids is 4. The van der Waals surface area contributed by atoms with E-state index in [9.17, 15) is 28.0 Å². The molecule has 2 aliphatic rings. The van der Waals surface area contributed by atoms with Gasteiger partial charge in [-0.15, -0.1) is 0 Å². The molecule has 2 heterocycles. The van der Waals surface area contributed by atoms with Gasteiger partial charge in [-0.25, -0.2) is 18.4 Å². The van der Waals surface area contributed by atoms with E-state index in [0.717, 1.165) is 0 Å². The highest BCUT2D eigenvalue weighted by Crippen LogP contribution is 2.34. The fourth-order valence-corrected chi connectivity index (χ4v) is 2.94. The molecule has 0 N–H and O–H groups in total. The van der Waals surface area contributed by atoms with E-state index in [1.165, 1.54) is 24.3 Å². The summed E-state index contributed by atoms with van der Waals surface area (Å²) in [6.07, 6.45) is -2.12. The first-order valence-electron chi connectivity index (χ1n) is 8.47. The number of likely N-dealkylation sites (tertiary alicyclic amines) is 1. The van der Waals surface area contributed by atoms with Crippen LogP contribution in [0.3, 0.4) is 0 Å². The first-order chi connectivity index (χ1) is 12.9. The third-order valence-corrected chi connectivity index (χ3v) is 4.11. The van der Waals surface area contributed by atoms with Crippen LogP contribution in [0.4, 0.5) is 13.6 Å². The maximum Gasteiger partial charge on any atom is 0.411 e. The molecule has 0 bridgehead atoms. The standard InChI is InChI=1S/C18H18F2N2O6/c1-17(2,3)27-16(26)21-9-18(19,20)8-12(21)15(25)28-22-13(23)10-6-4-5-7-11(10)14(22)24/h4-7,12H,8-9H2,1-3H3. The Bertz CT molecular complexity index is 829. The van der Waals surface area contributed by atoms with Crippen molar-refractivity contribution in [3.8, 4) is 0 Å². The second-order valence-corrected chi connectivity index (χ2v) is 7.54. The average Bonchev–Trinajstić information content (AvgIpc) is 3.03. The Balaban J connectivity index is 1.78. The number of carbonyl (C=O) groups is 4. The van der Waals surface area contributed by atoms with Gasteiger partial charge < -0.3 is 9.57 Å². The molecule has 0 aliphatic carbocycles. The van der Waals surface area contributed by atoms with Crippen LogP contribution >= 0.6 is 0 Å². The minimum atomic E-state index is -3.34. The summed E-state index contributed by atoms with van der Waals surface area (Å²) >= 11 is 0. The van der Waals surface area contributed by atoms with Gasteiger partial charge in [0.2, 0.25) is 0 Å². The van der Waals surface area contributed by atoms with E-state index in [2.05, 4.69) is 0 Å². The predicted octanol–water partition coefficient (Wildman–Crippen LogP) is 2.39. The van der Waals surface area contributed by atoms with Gasteiger partial charge in [-0.3, -0.25) is 14.5 Å². The topological polar surface area (TPSA) is 93.2 Å². The van der Waals surface area contributed by atoms with E-state index in [4.69, 9.17) is 9.57 Å². The SMILES string of the molecule is CC(C)(C)OC(=O)N1CC(F)(F)CC1C(=O)ON1C(=O)c2ccccc2C1=O. The Morgan fingerprint density at radius 3 is 2.14 bits per heavy atom. The summed E-state index contributed by atoms with van der Waals surface area (Å²) in [5.74, 6) is -6.44. The lowest BCUT2D eigenvalue weighted by atomic mass is 10.1. The lowest BCUT2D eigenvalue weighted by Crippen LogP contribution is -2.46. The normalized spacial score (nSPS) is 21.0. The quantitative estimate of drug-likeness (QED) is 0.713. The summed E-state index contributed by atoms with van der Waals surface area (Å²) in [6, 6.07) is 4.10. The Morgan fingerprint density at radius 2 is 1.64 bits per heavy atom. The maximum atomic E-state index is 13.9. The lowest BCUT2D eigenvalue weighted by Gasteiger charge is -2.27. The summed E-state index contributed by atoms with van der Waals surface area (Å²) in [7, 11) is 0. The Labute approximate surface area is 158 Å². The molecule has 1 atom stereocenters. The number of benzene rings is 1. The summed E-state index contributed by atoms with van der Waals surface area (Å²) in [5, 5.41) is 0.219. The Hall–Kier alpha value is -3.04. The zero-order valence-corrected chi connectivity index (χ0v) is 15.4. The van der Waals surface area contributed by atoms with E-state index in [-0.39, 0.29) is 16.2 Å². The summed E-state index contributed by atoms with van der Waals surface area (Å²) < 4.78 is 32.8. The Kier molecular flexibility index (Phi) is 4.60. The number of hydrogen-bond donors (Lipinski definition) is 0. The van der Waals surface area contributed by atoms with Crippen LogP contribution in [-0.4, -0.2) is 58.0 Å². The number of fused-ring (bicyclic) bond motifs is 1. The highest BCUT2D eigenvalue weighted by atomic mass is 19.3. The van der Waals surface area contributed by atoms with Gasteiger partial charge in [0, 0.05) is 6.42 Å². The van der Waals surface area contributed by atoms with Crippen LogP contribution in [-0.2, 0) is 14.4 Å². The molecule has 28 heavy (non-hydrogen) atoms.